The molecule has 1 aliphatic heterocycles. The molecule has 3 rings (SSSR count). The lowest BCUT2D eigenvalue weighted by atomic mass is 10.0. The quantitative estimate of drug-likeness (QED) is 0.942. The van der Waals surface area contributed by atoms with Gasteiger partial charge in [0.25, 0.3) is 0 Å². The molecule has 0 spiro atoms. The van der Waals surface area contributed by atoms with Crippen LogP contribution in [-0.2, 0) is 10.0 Å². The van der Waals surface area contributed by atoms with E-state index in [1.807, 2.05) is 0 Å². The van der Waals surface area contributed by atoms with Crippen LogP contribution in [0.2, 0.25) is 0 Å². The van der Waals surface area contributed by atoms with Gasteiger partial charge in [0, 0.05) is 12.7 Å². The predicted molar refractivity (Wildman–Crippen MR) is 75.4 cm³/mol. The zero-order valence-corrected chi connectivity index (χ0v) is 12.5. The number of rotatable bonds is 3. The van der Waals surface area contributed by atoms with Crippen molar-refractivity contribution in [3.05, 3.63) is 47.8 Å². The molecular formula is C14H15F2N3O2S. The Kier molecular flexibility index (Phi) is 3.96. The van der Waals surface area contributed by atoms with Crippen LogP contribution >= 0.6 is 0 Å². The average Bonchev–Trinajstić information content (AvgIpc) is 3.04. The topological polar surface area (TPSA) is 66.1 Å². The Morgan fingerprint density at radius 2 is 2.00 bits per heavy atom. The van der Waals surface area contributed by atoms with Crippen molar-refractivity contribution < 1.29 is 17.2 Å². The third-order valence-corrected chi connectivity index (χ3v) is 5.74. The van der Waals surface area contributed by atoms with Crippen LogP contribution in [0.1, 0.15) is 31.0 Å². The van der Waals surface area contributed by atoms with Crippen LogP contribution in [-0.4, -0.2) is 29.5 Å². The highest BCUT2D eigenvalue weighted by Gasteiger charge is 2.35. The molecule has 1 aromatic carbocycles. The highest BCUT2D eigenvalue weighted by atomic mass is 32.2. The van der Waals surface area contributed by atoms with E-state index in [2.05, 4.69) is 10.2 Å². The molecule has 0 radical (unpaired) electrons. The molecule has 8 heteroatoms. The second-order valence-electron chi connectivity index (χ2n) is 5.22. The van der Waals surface area contributed by atoms with Gasteiger partial charge in [-0.05, 0) is 37.1 Å². The minimum absolute atomic E-state index is 0.238. The first-order valence-electron chi connectivity index (χ1n) is 6.96. The average molecular weight is 327 g/mol. The zero-order chi connectivity index (χ0) is 15.7. The maximum atomic E-state index is 13.4. The summed E-state index contributed by atoms with van der Waals surface area (Å²) in [6.45, 7) is 0.338. The smallest absolute Gasteiger partial charge is 0.243 e. The van der Waals surface area contributed by atoms with Gasteiger partial charge in [0.1, 0.15) is 0 Å². The van der Waals surface area contributed by atoms with Crippen molar-refractivity contribution in [3.63, 3.8) is 0 Å². The van der Waals surface area contributed by atoms with Gasteiger partial charge in [0.2, 0.25) is 10.0 Å². The largest absolute Gasteiger partial charge is 0.281 e. The van der Waals surface area contributed by atoms with Gasteiger partial charge in [-0.25, -0.2) is 17.2 Å². The van der Waals surface area contributed by atoms with Crippen molar-refractivity contribution >= 4 is 10.0 Å². The lowest BCUT2D eigenvalue weighted by Gasteiger charge is -2.33. The number of nitrogens with zero attached hydrogens (tertiary/aromatic N) is 2. The Bertz CT molecular complexity index is 762. The number of hydrogen-bond acceptors (Lipinski definition) is 3. The van der Waals surface area contributed by atoms with Crippen LogP contribution in [0.5, 0.6) is 0 Å². The highest BCUT2D eigenvalue weighted by molar-refractivity contribution is 7.89. The molecule has 1 fully saturated rings. The molecule has 0 saturated carbocycles. The van der Waals surface area contributed by atoms with Gasteiger partial charge < -0.3 is 0 Å². The van der Waals surface area contributed by atoms with Crippen molar-refractivity contribution in [1.82, 2.24) is 14.5 Å². The van der Waals surface area contributed by atoms with E-state index in [4.69, 9.17) is 0 Å². The van der Waals surface area contributed by atoms with E-state index in [0.29, 0.717) is 18.7 Å². The van der Waals surface area contributed by atoms with Crippen molar-refractivity contribution in [2.45, 2.75) is 30.2 Å². The van der Waals surface area contributed by atoms with Crippen LogP contribution in [0.4, 0.5) is 8.78 Å². The molecule has 118 valence electrons. The molecule has 22 heavy (non-hydrogen) atoms. The Hall–Kier alpha value is -1.80. The molecule has 5 nitrogen and oxygen atoms in total. The first kappa shape index (κ1) is 15.1. The van der Waals surface area contributed by atoms with E-state index in [1.54, 1.807) is 12.3 Å². The number of benzene rings is 1. The van der Waals surface area contributed by atoms with Gasteiger partial charge in [0.15, 0.2) is 11.6 Å². The van der Waals surface area contributed by atoms with Crippen LogP contribution in [0.15, 0.2) is 35.4 Å². The number of aromatic nitrogens is 2. The molecule has 1 saturated heterocycles. The molecule has 0 aliphatic carbocycles. The second-order valence-corrected chi connectivity index (χ2v) is 7.11. The number of nitrogens with one attached hydrogen (secondary N) is 1. The fourth-order valence-electron chi connectivity index (χ4n) is 2.73. The van der Waals surface area contributed by atoms with Crippen molar-refractivity contribution in [2.75, 3.05) is 6.54 Å². The summed E-state index contributed by atoms with van der Waals surface area (Å²) < 4.78 is 53.3. The molecule has 1 atom stereocenters. The first-order chi connectivity index (χ1) is 10.5. The summed E-state index contributed by atoms with van der Waals surface area (Å²) in [7, 11) is -3.90. The molecule has 1 unspecified atom stereocenters. The number of H-pyrrole nitrogens is 1. The Morgan fingerprint density at radius 3 is 2.68 bits per heavy atom. The Labute approximate surface area is 127 Å². The molecule has 2 aromatic rings. The van der Waals surface area contributed by atoms with Crippen molar-refractivity contribution in [3.8, 4) is 0 Å². The van der Waals surface area contributed by atoms with Gasteiger partial charge in [0.05, 0.1) is 16.6 Å². The third-order valence-electron chi connectivity index (χ3n) is 3.83. The fraction of sp³-hybridized carbons (Fsp3) is 0.357. The van der Waals surface area contributed by atoms with E-state index in [9.17, 15) is 17.2 Å². The normalized spacial score (nSPS) is 20.2. The molecular weight excluding hydrogens is 312 g/mol. The predicted octanol–water partition coefficient (Wildman–Crippen LogP) is 2.60. The number of hydrogen-bond donors (Lipinski definition) is 1. The summed E-state index contributed by atoms with van der Waals surface area (Å²) in [6.07, 6.45) is 3.85. The van der Waals surface area contributed by atoms with Crippen LogP contribution in [0, 0.1) is 11.6 Å². The number of piperidine rings is 1. The Morgan fingerprint density at radius 1 is 1.18 bits per heavy atom. The van der Waals surface area contributed by atoms with Crippen molar-refractivity contribution in [2.24, 2.45) is 0 Å². The molecule has 0 bridgehead atoms. The summed E-state index contributed by atoms with van der Waals surface area (Å²) in [4.78, 5) is -0.238. The minimum atomic E-state index is -3.90. The SMILES string of the molecule is O=S(=O)(c1ccc(F)c(F)c1)N1CCCCC1c1ccn[nH]1. The van der Waals surface area contributed by atoms with Gasteiger partial charge in [-0.15, -0.1) is 0 Å². The standard InChI is InChI=1S/C14H15F2N3O2S/c15-11-5-4-10(9-12(11)16)22(20,21)19-8-2-1-3-14(19)13-6-7-17-18-13/h4-7,9,14H,1-3,8H2,(H,17,18). The van der Waals surface area contributed by atoms with Crippen molar-refractivity contribution in [1.29, 1.82) is 0 Å². The highest BCUT2D eigenvalue weighted by Crippen LogP contribution is 2.34. The van der Waals surface area contributed by atoms with E-state index < -0.39 is 21.7 Å². The van der Waals surface area contributed by atoms with Crippen LogP contribution < -0.4 is 0 Å². The molecule has 1 N–H and O–H groups in total. The second kappa shape index (κ2) is 5.77. The van der Waals surface area contributed by atoms with Gasteiger partial charge in [-0.2, -0.15) is 9.40 Å². The summed E-state index contributed by atoms with van der Waals surface area (Å²) in [5, 5.41) is 6.65. The monoisotopic (exact) mass is 327 g/mol. The lowest BCUT2D eigenvalue weighted by molar-refractivity contribution is 0.251. The van der Waals surface area contributed by atoms with E-state index in [-0.39, 0.29) is 10.9 Å². The molecule has 1 aliphatic rings. The summed E-state index contributed by atoms with van der Waals surface area (Å²) in [5.41, 5.74) is 0.700. The molecule has 1 aromatic heterocycles. The van der Waals surface area contributed by atoms with Gasteiger partial charge >= 0.3 is 0 Å². The first-order valence-corrected chi connectivity index (χ1v) is 8.40. The summed E-state index contributed by atoms with van der Waals surface area (Å²) >= 11 is 0. The maximum absolute atomic E-state index is 13.4. The maximum Gasteiger partial charge on any atom is 0.243 e. The zero-order valence-electron chi connectivity index (χ0n) is 11.7. The Balaban J connectivity index is 2.00. The van der Waals surface area contributed by atoms with E-state index in [0.717, 1.165) is 31.0 Å². The molecule has 0 amide bonds. The van der Waals surface area contributed by atoms with Gasteiger partial charge in [-0.3, -0.25) is 5.10 Å². The van der Waals surface area contributed by atoms with Crippen LogP contribution in [0.25, 0.3) is 0 Å². The van der Waals surface area contributed by atoms with E-state index in [1.165, 1.54) is 4.31 Å². The van der Waals surface area contributed by atoms with Gasteiger partial charge in [-0.1, -0.05) is 6.42 Å². The fourth-order valence-corrected chi connectivity index (χ4v) is 4.42. The lowest BCUT2D eigenvalue weighted by Crippen LogP contribution is -2.38. The number of aromatic amines is 1. The summed E-state index contributed by atoms with van der Waals surface area (Å²) in [5.74, 6) is -2.24. The molecule has 2 heterocycles. The van der Waals surface area contributed by atoms with Crippen LogP contribution in [0.3, 0.4) is 0 Å². The summed E-state index contributed by atoms with van der Waals surface area (Å²) in [6, 6.07) is 4.01. The number of halogens is 2. The minimum Gasteiger partial charge on any atom is -0.281 e. The number of sulfonamides is 1. The third kappa shape index (κ3) is 2.64. The van der Waals surface area contributed by atoms with E-state index >= 15 is 0 Å².